The van der Waals surface area contributed by atoms with Gasteiger partial charge in [-0.3, -0.25) is 0 Å². The lowest BCUT2D eigenvalue weighted by Gasteiger charge is -2.25. The summed E-state index contributed by atoms with van der Waals surface area (Å²) in [5.74, 6) is 2.57. The van der Waals surface area contributed by atoms with E-state index >= 15 is 0 Å². The van der Waals surface area contributed by atoms with Crippen molar-refractivity contribution in [1.82, 2.24) is 0 Å². The highest BCUT2D eigenvalue weighted by Gasteiger charge is 2.23. The van der Waals surface area contributed by atoms with Gasteiger partial charge >= 0.3 is 0 Å². The summed E-state index contributed by atoms with van der Waals surface area (Å²) in [6.45, 7) is 0. The zero-order valence-electron chi connectivity index (χ0n) is 18.9. The zero-order valence-corrected chi connectivity index (χ0v) is 20.7. The molecule has 0 amide bonds. The number of hydrogen-bond donors (Lipinski definition) is 0. The summed E-state index contributed by atoms with van der Waals surface area (Å²) in [6, 6.07) is 54.8. The van der Waals surface area contributed by atoms with Crippen LogP contribution in [0.2, 0.25) is 0 Å². The van der Waals surface area contributed by atoms with Crippen molar-refractivity contribution in [3.05, 3.63) is 163 Å². The topological polar surface area (TPSA) is 0 Å². The van der Waals surface area contributed by atoms with E-state index in [1.807, 2.05) is 0 Å². The molecule has 0 fully saturated rings. The molecule has 0 atom stereocenters. The Morgan fingerprint density at radius 2 is 0.706 bits per heavy atom. The highest BCUT2D eigenvalue weighted by Crippen LogP contribution is 2.53. The van der Waals surface area contributed by atoms with Gasteiger partial charge < -0.3 is 0 Å². The molecule has 0 aromatic heterocycles. The molecule has 34 heavy (non-hydrogen) atoms. The minimum absolute atomic E-state index is 0.673. The third-order valence-corrected chi connectivity index (χ3v) is 10.6. The maximum Gasteiger partial charge on any atom is -0.00676 e. The van der Waals surface area contributed by atoms with Gasteiger partial charge in [-0.15, -0.1) is 0 Å². The molecule has 0 heterocycles. The molecule has 5 aromatic carbocycles. The fourth-order valence-electron chi connectivity index (χ4n) is 4.05. The van der Waals surface area contributed by atoms with Gasteiger partial charge in [0.15, 0.2) is 0 Å². The quantitative estimate of drug-likeness (QED) is 0.219. The standard InChI is InChI=1S/C32H26P2/c1-6-16-27(17-7-1)32(34(30-22-12-4-13-23-30)31-24-14-5-15-25-31)26-33(28-18-8-2-9-19-28)29-20-10-3-11-21-29/h1-26H/b32-26-. The van der Waals surface area contributed by atoms with Crippen LogP contribution in [0.3, 0.4) is 0 Å². The molecule has 0 nitrogen and oxygen atoms in total. The molecule has 0 spiro atoms. The SMILES string of the molecule is C(=C(\c1ccccc1)P(c1ccccc1)c1ccccc1)/P(c1ccccc1)c1ccccc1. The van der Waals surface area contributed by atoms with Crippen molar-refractivity contribution >= 4 is 42.4 Å². The first kappa shape index (κ1) is 22.5. The highest BCUT2D eigenvalue weighted by atomic mass is 31.1. The van der Waals surface area contributed by atoms with E-state index in [9.17, 15) is 0 Å². The molecular formula is C32H26P2. The van der Waals surface area contributed by atoms with Crippen molar-refractivity contribution in [2.45, 2.75) is 0 Å². The summed E-state index contributed by atoms with van der Waals surface area (Å²) in [5.41, 5.74) is 1.29. The third-order valence-electron chi connectivity index (χ3n) is 5.66. The first-order valence-electron chi connectivity index (χ1n) is 11.5. The Balaban J connectivity index is 1.76. The van der Waals surface area contributed by atoms with Crippen LogP contribution in [0.1, 0.15) is 5.56 Å². The smallest absolute Gasteiger partial charge is 0.00676 e. The molecule has 0 aliphatic carbocycles. The molecule has 0 bridgehead atoms. The van der Waals surface area contributed by atoms with Gasteiger partial charge in [0.05, 0.1) is 0 Å². The third kappa shape index (κ3) is 5.26. The van der Waals surface area contributed by atoms with Crippen molar-refractivity contribution in [2.75, 3.05) is 0 Å². The molecular weight excluding hydrogens is 446 g/mol. The monoisotopic (exact) mass is 472 g/mol. The van der Waals surface area contributed by atoms with E-state index in [0.717, 1.165) is 0 Å². The van der Waals surface area contributed by atoms with Crippen LogP contribution < -0.4 is 21.2 Å². The average Bonchev–Trinajstić information content (AvgIpc) is 2.93. The predicted molar refractivity (Wildman–Crippen MR) is 153 cm³/mol. The van der Waals surface area contributed by atoms with Crippen molar-refractivity contribution in [3.63, 3.8) is 0 Å². The second-order valence-corrected chi connectivity index (χ2v) is 12.1. The van der Waals surface area contributed by atoms with Gasteiger partial charge in [-0.1, -0.05) is 152 Å². The Morgan fingerprint density at radius 1 is 0.382 bits per heavy atom. The van der Waals surface area contributed by atoms with Gasteiger partial charge in [0.2, 0.25) is 0 Å². The first-order valence-corrected chi connectivity index (χ1v) is 14.2. The lowest BCUT2D eigenvalue weighted by atomic mass is 10.2. The second kappa shape index (κ2) is 11.2. The summed E-state index contributed by atoms with van der Waals surface area (Å²) in [4.78, 5) is 0. The van der Waals surface area contributed by atoms with E-state index in [1.165, 1.54) is 32.1 Å². The largest absolute Gasteiger partial charge is 0.0622 e. The summed E-state index contributed by atoms with van der Waals surface area (Å²) in [7, 11) is -1.40. The Labute approximate surface area is 205 Å². The summed E-state index contributed by atoms with van der Waals surface area (Å²) < 4.78 is 0. The van der Waals surface area contributed by atoms with Crippen LogP contribution in [-0.2, 0) is 0 Å². The van der Waals surface area contributed by atoms with E-state index in [-0.39, 0.29) is 0 Å². The Bertz CT molecular complexity index is 1240. The maximum absolute atomic E-state index is 2.57. The molecule has 164 valence electrons. The van der Waals surface area contributed by atoms with Gasteiger partial charge in [0, 0.05) is 0 Å². The van der Waals surface area contributed by atoms with Crippen molar-refractivity contribution in [2.24, 2.45) is 0 Å². The van der Waals surface area contributed by atoms with E-state index in [4.69, 9.17) is 0 Å². The molecule has 0 radical (unpaired) electrons. The molecule has 0 saturated carbocycles. The minimum atomic E-state index is -0.727. The summed E-state index contributed by atoms with van der Waals surface area (Å²) >= 11 is 0. The summed E-state index contributed by atoms with van der Waals surface area (Å²) in [6.07, 6.45) is 0. The minimum Gasteiger partial charge on any atom is -0.0622 e. The van der Waals surface area contributed by atoms with Gasteiger partial charge in [0.25, 0.3) is 0 Å². The van der Waals surface area contributed by atoms with Crippen LogP contribution in [-0.4, -0.2) is 0 Å². The lowest BCUT2D eigenvalue weighted by Crippen LogP contribution is -2.14. The molecule has 5 rings (SSSR count). The van der Waals surface area contributed by atoms with E-state index in [0.29, 0.717) is 0 Å². The fourth-order valence-corrected chi connectivity index (χ4v) is 9.04. The first-order chi connectivity index (χ1) is 16.9. The normalized spacial score (nSPS) is 11.6. The highest BCUT2D eigenvalue weighted by molar-refractivity contribution is 7.84. The molecule has 0 N–H and O–H groups in total. The molecule has 0 aliphatic heterocycles. The maximum atomic E-state index is 2.57. The van der Waals surface area contributed by atoms with Crippen LogP contribution in [0.5, 0.6) is 0 Å². The Hall–Kier alpha value is -3.30. The van der Waals surface area contributed by atoms with Gasteiger partial charge in [-0.2, -0.15) is 0 Å². The molecule has 0 saturated heterocycles. The number of rotatable bonds is 7. The van der Waals surface area contributed by atoms with Gasteiger partial charge in [-0.25, -0.2) is 0 Å². The Kier molecular flexibility index (Phi) is 7.42. The van der Waals surface area contributed by atoms with Crippen LogP contribution in [0, 0.1) is 0 Å². The van der Waals surface area contributed by atoms with Crippen molar-refractivity contribution < 1.29 is 0 Å². The van der Waals surface area contributed by atoms with E-state index in [1.54, 1.807) is 0 Å². The molecule has 2 heteroatoms. The van der Waals surface area contributed by atoms with E-state index in [2.05, 4.69) is 157 Å². The van der Waals surface area contributed by atoms with E-state index < -0.39 is 15.8 Å². The van der Waals surface area contributed by atoms with Gasteiger partial charge in [0.1, 0.15) is 0 Å². The molecule has 0 aliphatic rings. The summed E-state index contributed by atoms with van der Waals surface area (Å²) in [5, 5.41) is 6.89. The van der Waals surface area contributed by atoms with Crippen molar-refractivity contribution in [1.29, 1.82) is 0 Å². The molecule has 0 unspecified atom stereocenters. The predicted octanol–water partition coefficient (Wildman–Crippen LogP) is 7.25. The average molecular weight is 473 g/mol. The zero-order chi connectivity index (χ0) is 23.0. The van der Waals surface area contributed by atoms with Crippen LogP contribution in [0.25, 0.3) is 5.31 Å². The van der Waals surface area contributed by atoms with Crippen LogP contribution in [0.4, 0.5) is 0 Å². The molecule has 5 aromatic rings. The van der Waals surface area contributed by atoms with Crippen LogP contribution >= 0.6 is 15.8 Å². The fraction of sp³-hybridized carbons (Fsp3) is 0. The lowest BCUT2D eigenvalue weighted by molar-refractivity contribution is 1.65. The number of hydrogen-bond acceptors (Lipinski definition) is 0. The Morgan fingerprint density at radius 3 is 1.09 bits per heavy atom. The second-order valence-electron chi connectivity index (χ2n) is 7.93. The van der Waals surface area contributed by atoms with Crippen molar-refractivity contribution in [3.8, 4) is 0 Å². The van der Waals surface area contributed by atoms with Gasteiger partial charge in [-0.05, 0) is 53.8 Å². The number of benzene rings is 5. The van der Waals surface area contributed by atoms with Crippen LogP contribution in [0.15, 0.2) is 157 Å².